The Kier molecular flexibility index (Phi) is 9.69. The first-order valence-electron chi connectivity index (χ1n) is 14.7. The summed E-state index contributed by atoms with van der Waals surface area (Å²) < 4.78 is 68.8. The van der Waals surface area contributed by atoms with Crippen LogP contribution in [0.15, 0.2) is 117 Å². The maximum atomic E-state index is 14.3. The first kappa shape index (κ1) is 34.3. The summed E-state index contributed by atoms with van der Waals surface area (Å²) in [5.74, 6) is 0.622. The predicted octanol–water partition coefficient (Wildman–Crippen LogP) is 9.96. The molecule has 0 bridgehead atoms. The normalized spacial score (nSPS) is 13.3. The number of hydrogen-bond acceptors (Lipinski definition) is 6. The molecular weight excluding hydrogens is 612 g/mol. The van der Waals surface area contributed by atoms with E-state index in [0.29, 0.717) is 31.9 Å². The summed E-state index contributed by atoms with van der Waals surface area (Å²) in [6.07, 6.45) is 0. The number of rotatable bonds is 9. The van der Waals surface area contributed by atoms with E-state index in [-0.39, 0.29) is 4.90 Å². The van der Waals surface area contributed by atoms with Gasteiger partial charge in [0.05, 0.1) is 4.90 Å². The molecule has 4 aromatic rings. The van der Waals surface area contributed by atoms with E-state index in [9.17, 15) is 12.8 Å². The number of benzene rings is 4. The maximum Gasteiger partial charge on any atom is 0.307 e. The number of hydrogen-bond donors (Lipinski definition) is 0. The van der Waals surface area contributed by atoms with Crippen LogP contribution < -0.4 is 14.2 Å². The summed E-state index contributed by atoms with van der Waals surface area (Å²) in [6.45, 7) is 17.3. The van der Waals surface area contributed by atoms with Gasteiger partial charge in [-0.05, 0) is 121 Å². The molecule has 4 aromatic carbocycles. The molecule has 0 saturated carbocycles. The van der Waals surface area contributed by atoms with Crippen LogP contribution in [0.5, 0.6) is 17.2 Å². The van der Waals surface area contributed by atoms with Crippen LogP contribution in [0.1, 0.15) is 62.3 Å². The molecule has 0 spiro atoms. The maximum absolute atomic E-state index is 14.3. The van der Waals surface area contributed by atoms with Crippen LogP contribution in [0.25, 0.3) is 0 Å². The van der Waals surface area contributed by atoms with Crippen LogP contribution >= 0.6 is 10.3 Å². The van der Waals surface area contributed by atoms with Crippen molar-refractivity contribution in [2.75, 3.05) is 0 Å². The summed E-state index contributed by atoms with van der Waals surface area (Å²) in [6, 6.07) is 26.5. The summed E-state index contributed by atoms with van der Waals surface area (Å²) in [5.41, 5.74) is -1.96. The average Bonchev–Trinajstić information content (AvgIpc) is 2.90. The molecule has 0 aliphatic rings. The van der Waals surface area contributed by atoms with Crippen LogP contribution in [0.2, 0.25) is 0 Å². The van der Waals surface area contributed by atoms with Crippen LogP contribution in [-0.4, -0.2) is 25.2 Å². The molecule has 0 aromatic heterocycles. The quantitative estimate of drug-likeness (QED) is 0.179. The number of ether oxygens (including phenoxy) is 3. The fourth-order valence-electron chi connectivity index (χ4n) is 4.54. The molecule has 0 unspecified atom stereocenters. The minimum absolute atomic E-state index is 0.183. The molecule has 0 radical (unpaired) electrons. The zero-order chi connectivity index (χ0) is 33.3. The second kappa shape index (κ2) is 12.7. The second-order valence-corrected chi connectivity index (χ2v) is 17.9. The van der Waals surface area contributed by atoms with Crippen LogP contribution in [0, 0.1) is 5.82 Å². The molecule has 6 nitrogen and oxygen atoms in total. The van der Waals surface area contributed by atoms with E-state index in [2.05, 4.69) is 0 Å². The average molecular weight is 655 g/mol. The lowest BCUT2D eigenvalue weighted by molar-refractivity contribution is 0.105. The molecule has 9 heteroatoms. The van der Waals surface area contributed by atoms with Crippen LogP contribution in [0.3, 0.4) is 0 Å². The van der Waals surface area contributed by atoms with Gasteiger partial charge in [0.15, 0.2) is 0 Å². The van der Waals surface area contributed by atoms with Gasteiger partial charge in [-0.3, -0.25) is 0 Å². The molecule has 45 heavy (non-hydrogen) atoms. The van der Waals surface area contributed by atoms with E-state index in [1.165, 1.54) is 12.1 Å². The SMILES string of the molecule is CC(C)(C)Oc1cc(OC(C)(C)C)c(S(OS(=O)(=O)c2ccc(F)cc2)(c2ccccc2)c2ccccc2)c(OC(C)(C)C)c1. The van der Waals surface area contributed by atoms with Gasteiger partial charge >= 0.3 is 10.1 Å². The van der Waals surface area contributed by atoms with Gasteiger partial charge in [-0.25, -0.2) is 8.02 Å². The minimum Gasteiger partial charge on any atom is -0.488 e. The number of halogens is 1. The zero-order valence-electron chi connectivity index (χ0n) is 27.4. The van der Waals surface area contributed by atoms with Gasteiger partial charge in [-0.15, -0.1) is 0 Å². The zero-order valence-corrected chi connectivity index (χ0v) is 29.0. The van der Waals surface area contributed by atoms with Crippen LogP contribution in [0.4, 0.5) is 4.39 Å². The van der Waals surface area contributed by atoms with Gasteiger partial charge in [0.1, 0.15) is 44.8 Å². The van der Waals surface area contributed by atoms with Gasteiger partial charge in [-0.1, -0.05) is 36.4 Å². The van der Waals surface area contributed by atoms with Gasteiger partial charge in [0.2, 0.25) is 0 Å². The highest BCUT2D eigenvalue weighted by atomic mass is 32.3. The van der Waals surface area contributed by atoms with Crippen molar-refractivity contribution in [2.45, 2.75) is 98.7 Å². The monoisotopic (exact) mass is 654 g/mol. The van der Waals surface area contributed by atoms with Gasteiger partial charge in [0, 0.05) is 21.9 Å². The van der Waals surface area contributed by atoms with Crippen molar-refractivity contribution in [3.8, 4) is 17.2 Å². The molecule has 0 amide bonds. The topological polar surface area (TPSA) is 71.1 Å². The van der Waals surface area contributed by atoms with Crippen molar-refractivity contribution in [1.29, 1.82) is 0 Å². The molecule has 242 valence electrons. The first-order valence-corrected chi connectivity index (χ1v) is 17.7. The third kappa shape index (κ3) is 8.60. The fourth-order valence-corrected chi connectivity index (χ4v) is 9.89. The summed E-state index contributed by atoms with van der Waals surface area (Å²) in [7, 11) is -7.71. The summed E-state index contributed by atoms with van der Waals surface area (Å²) in [5, 5.41) is 0. The van der Waals surface area contributed by atoms with Crippen molar-refractivity contribution in [3.05, 3.63) is 103 Å². The predicted molar refractivity (Wildman–Crippen MR) is 178 cm³/mol. The van der Waals surface area contributed by atoms with E-state index in [4.69, 9.17) is 17.8 Å². The fraction of sp³-hybridized carbons (Fsp3) is 0.333. The lowest BCUT2D eigenvalue weighted by Gasteiger charge is -2.42. The Labute approximate surface area is 269 Å². The summed E-state index contributed by atoms with van der Waals surface area (Å²) in [4.78, 5) is 1.40. The van der Waals surface area contributed by atoms with E-state index in [0.717, 1.165) is 12.1 Å². The smallest absolute Gasteiger partial charge is 0.307 e. The van der Waals surface area contributed by atoms with Crippen molar-refractivity contribution in [2.24, 2.45) is 0 Å². The molecular formula is C36H43FO6S2. The highest BCUT2D eigenvalue weighted by molar-refractivity contribution is 8.33. The Bertz CT molecular complexity index is 1630. The Hall–Kier alpha value is -3.53. The lowest BCUT2D eigenvalue weighted by atomic mass is 10.1. The highest BCUT2D eigenvalue weighted by Crippen LogP contribution is 2.75. The van der Waals surface area contributed by atoms with Crippen molar-refractivity contribution >= 4 is 20.4 Å². The standard InChI is InChI=1S/C36H43FO6S2/c1-34(2,3)40-27-24-31(41-35(4,5)6)33(32(25-27)42-36(7,8)9)44(28-16-12-10-13-17-28,29-18-14-11-15-19-29)43-45(38,39)30-22-20-26(37)21-23-30/h10-25H,1-9H3. The Morgan fingerprint density at radius 2 is 0.933 bits per heavy atom. The van der Waals surface area contributed by atoms with Crippen molar-refractivity contribution in [3.63, 3.8) is 0 Å². The van der Waals surface area contributed by atoms with E-state index in [1.54, 1.807) is 12.1 Å². The van der Waals surface area contributed by atoms with Crippen molar-refractivity contribution < 1.29 is 30.6 Å². The largest absolute Gasteiger partial charge is 0.488 e. The molecule has 0 aliphatic carbocycles. The Morgan fingerprint density at radius 3 is 1.31 bits per heavy atom. The Balaban J connectivity index is 2.22. The molecule has 0 saturated heterocycles. The van der Waals surface area contributed by atoms with Gasteiger partial charge in [-0.2, -0.15) is 8.42 Å². The minimum atomic E-state index is -4.51. The Morgan fingerprint density at radius 1 is 0.533 bits per heavy atom. The van der Waals surface area contributed by atoms with Gasteiger partial charge in [0.25, 0.3) is 0 Å². The molecule has 0 fully saturated rings. The first-order chi connectivity index (χ1) is 20.8. The van der Waals surface area contributed by atoms with E-state index < -0.39 is 43.0 Å². The van der Waals surface area contributed by atoms with Gasteiger partial charge < -0.3 is 14.2 Å². The molecule has 0 atom stereocenters. The molecule has 0 N–H and O–H groups in total. The third-order valence-electron chi connectivity index (χ3n) is 5.98. The summed E-state index contributed by atoms with van der Waals surface area (Å²) >= 11 is 0. The van der Waals surface area contributed by atoms with Crippen LogP contribution in [-0.2, 0) is 13.7 Å². The second-order valence-electron chi connectivity index (χ2n) is 13.6. The third-order valence-corrected chi connectivity index (χ3v) is 11.2. The molecule has 4 rings (SSSR count). The van der Waals surface area contributed by atoms with E-state index in [1.807, 2.05) is 123 Å². The lowest BCUT2D eigenvalue weighted by Crippen LogP contribution is -2.28. The van der Waals surface area contributed by atoms with E-state index >= 15 is 0 Å². The molecule has 0 heterocycles. The highest BCUT2D eigenvalue weighted by Gasteiger charge is 2.44. The van der Waals surface area contributed by atoms with Crippen molar-refractivity contribution in [1.82, 2.24) is 0 Å². The molecule has 0 aliphatic heterocycles.